The van der Waals surface area contributed by atoms with E-state index in [0.29, 0.717) is 11.3 Å². The van der Waals surface area contributed by atoms with Crippen molar-refractivity contribution >= 4 is 29.3 Å². The Labute approximate surface area is 183 Å². The maximum atomic E-state index is 13.7. The molecule has 0 aliphatic rings. The van der Waals surface area contributed by atoms with Gasteiger partial charge in [0.05, 0.1) is 5.69 Å². The van der Waals surface area contributed by atoms with Gasteiger partial charge in [0.1, 0.15) is 29.0 Å². The number of hydrogen-bond acceptors (Lipinski definition) is 5. The Morgan fingerprint density at radius 3 is 2.41 bits per heavy atom. The van der Waals surface area contributed by atoms with E-state index in [2.05, 4.69) is 10.6 Å². The van der Waals surface area contributed by atoms with E-state index in [1.165, 1.54) is 48.5 Å². The Balaban J connectivity index is 1.70. The largest absolute Gasteiger partial charge is 0.508 e. The number of benzene rings is 3. The molecule has 0 saturated heterocycles. The lowest BCUT2D eigenvalue weighted by molar-refractivity contribution is -0.118. The first-order valence-electron chi connectivity index (χ1n) is 9.44. The lowest BCUT2D eigenvalue weighted by Gasteiger charge is -2.11. The highest BCUT2D eigenvalue weighted by molar-refractivity contribution is 6.09. The summed E-state index contributed by atoms with van der Waals surface area (Å²) in [7, 11) is 0. The molecule has 0 atom stereocenters. The van der Waals surface area contributed by atoms with Crippen LogP contribution in [-0.4, -0.2) is 23.5 Å². The predicted molar refractivity (Wildman–Crippen MR) is 117 cm³/mol. The Hall–Kier alpha value is -4.64. The number of ether oxygens (including phenoxy) is 1. The van der Waals surface area contributed by atoms with Crippen LogP contribution in [0.2, 0.25) is 0 Å². The lowest BCUT2D eigenvalue weighted by atomic mass is 10.1. The third-order valence-electron chi connectivity index (χ3n) is 4.22. The van der Waals surface area contributed by atoms with Crippen molar-refractivity contribution in [3.8, 4) is 17.6 Å². The van der Waals surface area contributed by atoms with Crippen molar-refractivity contribution in [2.24, 2.45) is 0 Å². The number of carbonyl (C=O) groups excluding carboxylic acids is 2. The minimum Gasteiger partial charge on any atom is -0.508 e. The number of halogens is 1. The molecule has 0 spiro atoms. The number of aromatic hydroxyl groups is 1. The van der Waals surface area contributed by atoms with Gasteiger partial charge in [-0.2, -0.15) is 5.26 Å². The van der Waals surface area contributed by atoms with E-state index in [0.717, 1.165) is 0 Å². The first kappa shape index (κ1) is 22.1. The highest BCUT2D eigenvalue weighted by atomic mass is 19.1. The molecule has 0 fully saturated rings. The molecule has 8 heteroatoms. The number of phenolic OH excluding ortho intramolecular Hbond substituents is 1. The second-order valence-corrected chi connectivity index (χ2v) is 6.53. The second kappa shape index (κ2) is 10.4. The van der Waals surface area contributed by atoms with Crippen molar-refractivity contribution in [2.45, 2.75) is 0 Å². The molecule has 3 N–H and O–H groups in total. The summed E-state index contributed by atoms with van der Waals surface area (Å²) in [5.41, 5.74) is 0.656. The summed E-state index contributed by atoms with van der Waals surface area (Å²) in [6.07, 6.45) is 1.33. The average Bonchev–Trinajstić information content (AvgIpc) is 2.79. The van der Waals surface area contributed by atoms with E-state index in [-0.39, 0.29) is 22.8 Å². The molecule has 3 rings (SSSR count). The van der Waals surface area contributed by atoms with Crippen LogP contribution < -0.4 is 15.4 Å². The molecular formula is C24H18FN3O4. The summed E-state index contributed by atoms with van der Waals surface area (Å²) in [5, 5.41) is 23.7. The van der Waals surface area contributed by atoms with Gasteiger partial charge >= 0.3 is 0 Å². The maximum absolute atomic E-state index is 13.7. The molecule has 0 aromatic heterocycles. The van der Waals surface area contributed by atoms with E-state index in [4.69, 9.17) is 4.74 Å². The number of rotatable bonds is 7. The fourth-order valence-electron chi connectivity index (χ4n) is 2.67. The van der Waals surface area contributed by atoms with Gasteiger partial charge in [-0.05, 0) is 48.5 Å². The van der Waals surface area contributed by atoms with Gasteiger partial charge in [0.15, 0.2) is 6.61 Å². The topological polar surface area (TPSA) is 111 Å². The molecule has 0 heterocycles. The zero-order valence-electron chi connectivity index (χ0n) is 16.7. The summed E-state index contributed by atoms with van der Waals surface area (Å²) < 4.78 is 19.2. The molecule has 7 nitrogen and oxygen atoms in total. The van der Waals surface area contributed by atoms with Crippen LogP contribution in [0.1, 0.15) is 5.56 Å². The van der Waals surface area contributed by atoms with Crippen molar-refractivity contribution in [2.75, 3.05) is 17.2 Å². The number of para-hydroxylation sites is 2. The number of anilines is 2. The monoisotopic (exact) mass is 431 g/mol. The van der Waals surface area contributed by atoms with Crippen molar-refractivity contribution in [1.29, 1.82) is 5.26 Å². The minimum atomic E-state index is -0.648. The van der Waals surface area contributed by atoms with E-state index in [1.807, 2.05) is 6.07 Å². The third kappa shape index (κ3) is 5.93. The Morgan fingerprint density at radius 1 is 1.00 bits per heavy atom. The molecule has 3 aromatic rings. The van der Waals surface area contributed by atoms with Crippen LogP contribution in [0.4, 0.5) is 15.8 Å². The molecule has 2 amide bonds. The van der Waals surface area contributed by atoms with Gasteiger partial charge in [0.25, 0.3) is 11.8 Å². The van der Waals surface area contributed by atoms with Crippen molar-refractivity contribution < 1.29 is 23.8 Å². The molecule has 32 heavy (non-hydrogen) atoms. The number of nitrogens with one attached hydrogen (secondary N) is 2. The second-order valence-electron chi connectivity index (χ2n) is 6.53. The number of nitriles is 1. The van der Waals surface area contributed by atoms with Gasteiger partial charge in [-0.3, -0.25) is 9.59 Å². The van der Waals surface area contributed by atoms with E-state index in [9.17, 15) is 24.3 Å². The molecule has 0 radical (unpaired) electrons. The number of amides is 2. The van der Waals surface area contributed by atoms with Crippen LogP contribution in [0.5, 0.6) is 11.5 Å². The van der Waals surface area contributed by atoms with Gasteiger partial charge in [-0.25, -0.2) is 4.39 Å². The average molecular weight is 431 g/mol. The fraction of sp³-hybridized carbons (Fsp3) is 0.0417. The predicted octanol–water partition coefficient (Wildman–Crippen LogP) is 4.09. The summed E-state index contributed by atoms with van der Waals surface area (Å²) in [6.45, 7) is -0.402. The molecule has 0 bridgehead atoms. The number of carbonyl (C=O) groups is 2. The number of nitrogens with zero attached hydrogens (tertiary/aromatic N) is 1. The summed E-state index contributed by atoms with van der Waals surface area (Å²) in [6, 6.07) is 19.9. The van der Waals surface area contributed by atoms with Crippen molar-refractivity contribution in [3.63, 3.8) is 0 Å². The minimum absolute atomic E-state index is 0.0342. The van der Waals surface area contributed by atoms with Gasteiger partial charge in [0.2, 0.25) is 0 Å². The van der Waals surface area contributed by atoms with Crippen LogP contribution >= 0.6 is 0 Å². The molecule has 0 aliphatic heterocycles. The van der Waals surface area contributed by atoms with Gasteiger partial charge in [-0.1, -0.05) is 30.3 Å². The van der Waals surface area contributed by atoms with Crippen LogP contribution in [0.25, 0.3) is 6.08 Å². The van der Waals surface area contributed by atoms with E-state index in [1.54, 1.807) is 30.3 Å². The molecule has 3 aromatic carbocycles. The van der Waals surface area contributed by atoms with E-state index >= 15 is 0 Å². The molecule has 0 unspecified atom stereocenters. The summed E-state index contributed by atoms with van der Waals surface area (Å²) >= 11 is 0. The maximum Gasteiger partial charge on any atom is 0.266 e. The highest BCUT2D eigenvalue weighted by Crippen LogP contribution is 2.22. The number of hydrogen-bond donors (Lipinski definition) is 3. The van der Waals surface area contributed by atoms with Crippen LogP contribution in [0.3, 0.4) is 0 Å². The molecular weight excluding hydrogens is 413 g/mol. The zero-order valence-corrected chi connectivity index (χ0v) is 16.7. The Kier molecular flexibility index (Phi) is 7.17. The van der Waals surface area contributed by atoms with Crippen LogP contribution in [0, 0.1) is 17.1 Å². The van der Waals surface area contributed by atoms with Gasteiger partial charge in [0, 0.05) is 11.3 Å². The van der Waals surface area contributed by atoms with Crippen LogP contribution in [-0.2, 0) is 9.59 Å². The quantitative estimate of drug-likeness (QED) is 0.296. The Morgan fingerprint density at radius 2 is 1.69 bits per heavy atom. The number of phenols is 1. The Bertz CT molecular complexity index is 1200. The first-order chi connectivity index (χ1) is 15.5. The lowest BCUT2D eigenvalue weighted by Crippen LogP contribution is -2.21. The highest BCUT2D eigenvalue weighted by Gasteiger charge is 2.13. The van der Waals surface area contributed by atoms with Crippen molar-refractivity contribution in [3.05, 3.63) is 89.8 Å². The third-order valence-corrected chi connectivity index (χ3v) is 4.22. The standard InChI is InChI=1S/C24H18FN3O4/c25-20-6-2-3-7-21(20)28-23(30)15-32-22-8-4-1-5-16(22)13-17(14-26)24(31)27-18-9-11-19(29)12-10-18/h1-13,29H,15H2,(H,27,31)(H,28,30)/b17-13+. The fourth-order valence-corrected chi connectivity index (χ4v) is 2.67. The molecule has 0 saturated carbocycles. The van der Waals surface area contributed by atoms with Crippen molar-refractivity contribution in [1.82, 2.24) is 0 Å². The van der Waals surface area contributed by atoms with Gasteiger partial charge in [-0.15, -0.1) is 0 Å². The van der Waals surface area contributed by atoms with Crippen LogP contribution in [0.15, 0.2) is 78.4 Å². The summed E-state index contributed by atoms with van der Waals surface area (Å²) in [5.74, 6) is -1.47. The zero-order chi connectivity index (χ0) is 22.9. The first-order valence-corrected chi connectivity index (χ1v) is 9.44. The SMILES string of the molecule is N#C/C(=C\c1ccccc1OCC(=O)Nc1ccccc1F)C(=O)Nc1ccc(O)cc1. The smallest absolute Gasteiger partial charge is 0.266 e. The van der Waals surface area contributed by atoms with Gasteiger partial charge < -0.3 is 20.5 Å². The summed E-state index contributed by atoms with van der Waals surface area (Å²) in [4.78, 5) is 24.6. The van der Waals surface area contributed by atoms with E-state index < -0.39 is 24.2 Å². The molecule has 160 valence electrons. The molecule has 0 aliphatic carbocycles. The normalized spacial score (nSPS) is 10.7.